The summed E-state index contributed by atoms with van der Waals surface area (Å²) in [5.74, 6) is -0.0522. The summed E-state index contributed by atoms with van der Waals surface area (Å²) < 4.78 is 1.66. The SMILES string of the molecule is Cc1cccc(-n2c(SC(C(=O)NC3CC3)c3ccccc3)nc3ccccc3c2=O)c1C. The molecule has 1 amide bonds. The Bertz CT molecular complexity index is 1390. The monoisotopic (exact) mass is 455 g/mol. The summed E-state index contributed by atoms with van der Waals surface area (Å²) >= 11 is 1.32. The van der Waals surface area contributed by atoms with Crippen molar-refractivity contribution in [2.45, 2.75) is 43.1 Å². The molecule has 33 heavy (non-hydrogen) atoms. The number of aryl methyl sites for hydroxylation is 1. The molecule has 1 aliphatic rings. The van der Waals surface area contributed by atoms with E-state index >= 15 is 0 Å². The lowest BCUT2D eigenvalue weighted by Crippen LogP contribution is -2.30. The first kappa shape index (κ1) is 21.5. The summed E-state index contributed by atoms with van der Waals surface area (Å²) in [6.07, 6.45) is 2.03. The number of thioether (sulfide) groups is 1. The van der Waals surface area contributed by atoms with Gasteiger partial charge in [0.05, 0.1) is 16.6 Å². The Morgan fingerprint density at radius 3 is 2.48 bits per heavy atom. The van der Waals surface area contributed by atoms with Crippen molar-refractivity contribution in [3.05, 3.63) is 99.8 Å². The largest absolute Gasteiger partial charge is 0.352 e. The summed E-state index contributed by atoms with van der Waals surface area (Å²) in [6, 6.07) is 23.2. The van der Waals surface area contributed by atoms with E-state index in [-0.39, 0.29) is 17.5 Å². The van der Waals surface area contributed by atoms with Crippen LogP contribution in [0, 0.1) is 13.8 Å². The highest BCUT2D eigenvalue weighted by atomic mass is 32.2. The maximum Gasteiger partial charge on any atom is 0.266 e. The van der Waals surface area contributed by atoms with Gasteiger partial charge in [-0.05, 0) is 61.6 Å². The van der Waals surface area contributed by atoms with E-state index in [0.717, 1.165) is 35.2 Å². The first-order valence-corrected chi connectivity index (χ1v) is 12.0. The van der Waals surface area contributed by atoms with Gasteiger partial charge in [0.15, 0.2) is 5.16 Å². The third kappa shape index (κ3) is 4.31. The number of hydrogen-bond donors (Lipinski definition) is 1. The second kappa shape index (κ2) is 8.87. The Hall–Kier alpha value is -3.38. The van der Waals surface area contributed by atoms with Gasteiger partial charge in [0.2, 0.25) is 5.91 Å². The molecule has 4 aromatic rings. The first-order chi connectivity index (χ1) is 16.0. The molecule has 0 saturated heterocycles. The number of para-hydroxylation sites is 1. The summed E-state index contributed by atoms with van der Waals surface area (Å²) in [5, 5.41) is 3.68. The molecule has 0 bridgehead atoms. The highest BCUT2D eigenvalue weighted by molar-refractivity contribution is 8.00. The van der Waals surface area contributed by atoms with E-state index in [9.17, 15) is 9.59 Å². The molecule has 1 fully saturated rings. The molecule has 0 spiro atoms. The third-order valence-corrected chi connectivity index (χ3v) is 7.26. The average molecular weight is 456 g/mol. The van der Waals surface area contributed by atoms with Gasteiger partial charge in [-0.15, -0.1) is 0 Å². The number of aromatic nitrogens is 2. The second-order valence-corrected chi connectivity index (χ2v) is 9.53. The van der Waals surface area contributed by atoms with Crippen LogP contribution in [0.5, 0.6) is 0 Å². The Balaban J connectivity index is 1.69. The first-order valence-electron chi connectivity index (χ1n) is 11.1. The minimum atomic E-state index is -0.517. The highest BCUT2D eigenvalue weighted by Crippen LogP contribution is 2.37. The predicted octanol–water partition coefficient (Wildman–Crippen LogP) is 5.11. The molecule has 1 aromatic heterocycles. The zero-order chi connectivity index (χ0) is 22.9. The van der Waals surface area contributed by atoms with Crippen LogP contribution >= 0.6 is 11.8 Å². The average Bonchev–Trinajstić information content (AvgIpc) is 3.64. The number of benzene rings is 3. The molecule has 1 heterocycles. The smallest absolute Gasteiger partial charge is 0.266 e. The minimum Gasteiger partial charge on any atom is -0.352 e. The molecule has 166 valence electrons. The van der Waals surface area contributed by atoms with Crippen molar-refractivity contribution in [3.63, 3.8) is 0 Å². The number of rotatable bonds is 6. The van der Waals surface area contributed by atoms with Crippen LogP contribution in [0.25, 0.3) is 16.6 Å². The van der Waals surface area contributed by atoms with Crippen molar-refractivity contribution < 1.29 is 4.79 Å². The fraction of sp³-hybridized carbons (Fsp3) is 0.222. The number of amides is 1. The van der Waals surface area contributed by atoms with Crippen LogP contribution < -0.4 is 10.9 Å². The molecule has 3 aromatic carbocycles. The van der Waals surface area contributed by atoms with E-state index in [1.807, 2.05) is 80.6 Å². The van der Waals surface area contributed by atoms with Gasteiger partial charge in [0, 0.05) is 6.04 Å². The van der Waals surface area contributed by atoms with Crippen LogP contribution in [0.2, 0.25) is 0 Å². The van der Waals surface area contributed by atoms with E-state index < -0.39 is 5.25 Å². The lowest BCUT2D eigenvalue weighted by molar-refractivity contribution is -0.120. The molecule has 5 rings (SSSR count). The maximum atomic E-state index is 13.7. The normalized spacial score (nSPS) is 14.2. The summed E-state index contributed by atoms with van der Waals surface area (Å²) in [5.41, 5.74) is 4.27. The van der Waals surface area contributed by atoms with Crippen LogP contribution in [-0.4, -0.2) is 21.5 Å². The topological polar surface area (TPSA) is 64.0 Å². The van der Waals surface area contributed by atoms with Gasteiger partial charge in [-0.25, -0.2) is 4.98 Å². The molecule has 1 atom stereocenters. The molecule has 0 radical (unpaired) electrons. The zero-order valence-electron chi connectivity index (χ0n) is 18.6. The van der Waals surface area contributed by atoms with Crippen LogP contribution in [-0.2, 0) is 4.79 Å². The van der Waals surface area contributed by atoms with Crippen molar-refractivity contribution in [2.24, 2.45) is 0 Å². The maximum absolute atomic E-state index is 13.7. The van der Waals surface area contributed by atoms with Crippen molar-refractivity contribution in [2.75, 3.05) is 0 Å². The van der Waals surface area contributed by atoms with E-state index in [4.69, 9.17) is 4.98 Å². The molecular formula is C27H25N3O2S. The van der Waals surface area contributed by atoms with E-state index in [1.54, 1.807) is 10.6 Å². The standard InChI is InChI=1S/C27H25N3O2S/c1-17-9-8-14-23(18(17)2)30-26(32)21-12-6-7-13-22(21)29-27(30)33-24(19-10-4-3-5-11-19)25(31)28-20-15-16-20/h3-14,20,24H,15-16H2,1-2H3,(H,28,31). The van der Waals surface area contributed by atoms with E-state index in [0.29, 0.717) is 16.1 Å². The van der Waals surface area contributed by atoms with Crippen molar-refractivity contribution in [3.8, 4) is 5.69 Å². The van der Waals surface area contributed by atoms with Gasteiger partial charge < -0.3 is 5.32 Å². The number of carbonyl (C=O) groups excluding carboxylic acids is 1. The summed E-state index contributed by atoms with van der Waals surface area (Å²) in [7, 11) is 0. The second-order valence-electron chi connectivity index (χ2n) is 8.46. The Kier molecular flexibility index (Phi) is 5.77. The lowest BCUT2D eigenvalue weighted by atomic mass is 10.1. The number of nitrogens with one attached hydrogen (secondary N) is 1. The summed E-state index contributed by atoms with van der Waals surface area (Å²) in [4.78, 5) is 31.8. The molecule has 1 aliphatic carbocycles. The van der Waals surface area contributed by atoms with E-state index in [2.05, 4.69) is 5.32 Å². The molecule has 5 nitrogen and oxygen atoms in total. The van der Waals surface area contributed by atoms with Gasteiger partial charge in [-0.3, -0.25) is 14.2 Å². The zero-order valence-corrected chi connectivity index (χ0v) is 19.4. The predicted molar refractivity (Wildman–Crippen MR) is 133 cm³/mol. The number of fused-ring (bicyclic) bond motifs is 1. The quantitative estimate of drug-likeness (QED) is 0.324. The summed E-state index contributed by atoms with van der Waals surface area (Å²) in [6.45, 7) is 4.04. The van der Waals surface area contributed by atoms with Crippen LogP contribution in [0.4, 0.5) is 0 Å². The van der Waals surface area contributed by atoms with Gasteiger partial charge in [0.1, 0.15) is 5.25 Å². The fourth-order valence-corrected chi connectivity index (χ4v) is 5.01. The van der Waals surface area contributed by atoms with Gasteiger partial charge in [0.25, 0.3) is 5.56 Å². The van der Waals surface area contributed by atoms with Gasteiger partial charge in [-0.2, -0.15) is 0 Å². The van der Waals surface area contributed by atoms with Crippen molar-refractivity contribution >= 4 is 28.6 Å². The van der Waals surface area contributed by atoms with Crippen molar-refractivity contribution in [1.29, 1.82) is 0 Å². The Labute approximate surface area is 196 Å². The molecule has 1 saturated carbocycles. The van der Waals surface area contributed by atoms with Crippen molar-refractivity contribution in [1.82, 2.24) is 14.9 Å². The van der Waals surface area contributed by atoms with E-state index in [1.165, 1.54) is 11.8 Å². The number of hydrogen-bond acceptors (Lipinski definition) is 4. The van der Waals surface area contributed by atoms with Crippen LogP contribution in [0.3, 0.4) is 0 Å². The molecule has 1 unspecified atom stereocenters. The minimum absolute atomic E-state index is 0.0522. The molecule has 0 aliphatic heterocycles. The Morgan fingerprint density at radius 1 is 1.00 bits per heavy atom. The molecule has 6 heteroatoms. The number of carbonyl (C=O) groups is 1. The lowest BCUT2D eigenvalue weighted by Gasteiger charge is -2.20. The Morgan fingerprint density at radius 2 is 1.73 bits per heavy atom. The third-order valence-electron chi connectivity index (χ3n) is 6.05. The fourth-order valence-electron chi connectivity index (χ4n) is 3.89. The molecule has 1 N–H and O–H groups in total. The number of nitrogens with zero attached hydrogens (tertiary/aromatic N) is 2. The highest BCUT2D eigenvalue weighted by Gasteiger charge is 2.30. The van der Waals surface area contributed by atoms with Gasteiger partial charge in [-0.1, -0.05) is 66.4 Å². The van der Waals surface area contributed by atoms with Crippen LogP contribution in [0.1, 0.15) is 34.8 Å². The van der Waals surface area contributed by atoms with Crippen LogP contribution in [0.15, 0.2) is 82.7 Å². The van der Waals surface area contributed by atoms with Gasteiger partial charge >= 0.3 is 0 Å². The molecular weight excluding hydrogens is 430 g/mol.